The number of rotatable bonds is 46. The Morgan fingerprint density at radius 3 is 0.845 bits per heavy atom. The molecule has 6 heteroatoms. The first-order valence-electron chi connectivity index (χ1n) is 25.7. The van der Waals surface area contributed by atoms with Gasteiger partial charge in [-0.2, -0.15) is 0 Å². The van der Waals surface area contributed by atoms with Crippen molar-refractivity contribution in [1.29, 1.82) is 0 Å². The van der Waals surface area contributed by atoms with Crippen LogP contribution in [-0.2, 0) is 28.6 Å². The van der Waals surface area contributed by atoms with Crippen LogP contribution >= 0.6 is 0 Å². The molecule has 0 spiro atoms. The second-order valence-corrected chi connectivity index (χ2v) is 18.8. The summed E-state index contributed by atoms with van der Waals surface area (Å²) in [6.07, 6.45) is 45.3. The van der Waals surface area contributed by atoms with Crippen LogP contribution in [0, 0.1) is 11.8 Å². The largest absolute Gasteiger partial charge is 0.462 e. The van der Waals surface area contributed by atoms with Crippen LogP contribution in [0.5, 0.6) is 0 Å². The summed E-state index contributed by atoms with van der Waals surface area (Å²) in [5.41, 5.74) is 0. The molecule has 0 aliphatic heterocycles. The van der Waals surface area contributed by atoms with E-state index in [-0.39, 0.29) is 31.1 Å². The zero-order chi connectivity index (χ0) is 42.6. The van der Waals surface area contributed by atoms with Crippen molar-refractivity contribution in [2.24, 2.45) is 11.8 Å². The number of hydrogen-bond acceptors (Lipinski definition) is 6. The third-order valence-corrected chi connectivity index (χ3v) is 11.7. The van der Waals surface area contributed by atoms with E-state index in [0.717, 1.165) is 69.6 Å². The van der Waals surface area contributed by atoms with Gasteiger partial charge in [0.25, 0.3) is 0 Å². The van der Waals surface area contributed by atoms with Crippen molar-refractivity contribution in [3.05, 3.63) is 0 Å². The molecule has 6 nitrogen and oxygen atoms in total. The quantitative estimate of drug-likeness (QED) is 0.0346. The molecular formula is C52H100O6. The minimum atomic E-state index is -0.761. The second kappa shape index (κ2) is 44.9. The van der Waals surface area contributed by atoms with E-state index < -0.39 is 6.10 Å². The molecule has 0 N–H and O–H groups in total. The maximum absolute atomic E-state index is 12.8. The first-order chi connectivity index (χ1) is 28.2. The molecule has 0 saturated carbocycles. The molecule has 0 rings (SSSR count). The fourth-order valence-electron chi connectivity index (χ4n) is 7.81. The first kappa shape index (κ1) is 56.4. The molecule has 0 aromatic carbocycles. The van der Waals surface area contributed by atoms with E-state index in [2.05, 4.69) is 34.6 Å². The van der Waals surface area contributed by atoms with Gasteiger partial charge >= 0.3 is 17.9 Å². The van der Waals surface area contributed by atoms with E-state index in [9.17, 15) is 14.4 Å². The van der Waals surface area contributed by atoms with Crippen molar-refractivity contribution in [3.63, 3.8) is 0 Å². The lowest BCUT2D eigenvalue weighted by atomic mass is 10.0. The predicted molar refractivity (Wildman–Crippen MR) is 247 cm³/mol. The Labute approximate surface area is 361 Å². The predicted octanol–water partition coefficient (Wildman–Crippen LogP) is 16.5. The van der Waals surface area contributed by atoms with Crippen LogP contribution < -0.4 is 0 Å². The highest BCUT2D eigenvalue weighted by Gasteiger charge is 2.19. The molecule has 0 aromatic rings. The van der Waals surface area contributed by atoms with Gasteiger partial charge in [0.1, 0.15) is 13.2 Å². The number of hydrogen-bond donors (Lipinski definition) is 0. The van der Waals surface area contributed by atoms with Gasteiger partial charge in [-0.1, -0.05) is 247 Å². The number of ether oxygens (including phenoxy) is 3. The van der Waals surface area contributed by atoms with E-state index in [4.69, 9.17) is 14.2 Å². The zero-order valence-electron chi connectivity index (χ0n) is 39.7. The van der Waals surface area contributed by atoms with Crippen LogP contribution in [-0.4, -0.2) is 37.2 Å². The highest BCUT2D eigenvalue weighted by molar-refractivity contribution is 5.71. The summed E-state index contributed by atoms with van der Waals surface area (Å²) in [6.45, 7) is 11.3. The summed E-state index contributed by atoms with van der Waals surface area (Å²) in [6, 6.07) is 0. The van der Waals surface area contributed by atoms with E-state index in [1.165, 1.54) is 173 Å². The Morgan fingerprint density at radius 2 is 0.569 bits per heavy atom. The molecule has 0 amide bonds. The number of carbonyl (C=O) groups excluding carboxylic acids is 3. The van der Waals surface area contributed by atoms with E-state index >= 15 is 0 Å². The van der Waals surface area contributed by atoms with Gasteiger partial charge in [0.05, 0.1) is 0 Å². The highest BCUT2D eigenvalue weighted by atomic mass is 16.6. The van der Waals surface area contributed by atoms with Crippen molar-refractivity contribution in [3.8, 4) is 0 Å². The van der Waals surface area contributed by atoms with Crippen molar-refractivity contribution in [2.45, 2.75) is 291 Å². The van der Waals surface area contributed by atoms with E-state index in [0.29, 0.717) is 19.3 Å². The molecule has 0 saturated heterocycles. The Kier molecular flexibility index (Phi) is 43.7. The summed E-state index contributed by atoms with van der Waals surface area (Å²) in [5.74, 6) is 0.758. The van der Waals surface area contributed by atoms with Gasteiger partial charge in [-0.05, 0) is 31.1 Å². The third-order valence-electron chi connectivity index (χ3n) is 11.7. The summed E-state index contributed by atoms with van der Waals surface area (Å²) < 4.78 is 16.8. The Bertz CT molecular complexity index is 885. The topological polar surface area (TPSA) is 78.9 Å². The van der Waals surface area contributed by atoms with Crippen LogP contribution in [0.25, 0.3) is 0 Å². The lowest BCUT2D eigenvalue weighted by Gasteiger charge is -2.18. The Balaban J connectivity index is 4.25. The maximum atomic E-state index is 12.8. The molecule has 0 fully saturated rings. The number of carbonyl (C=O) groups is 3. The lowest BCUT2D eigenvalue weighted by molar-refractivity contribution is -0.167. The molecule has 0 bridgehead atoms. The molecule has 0 aromatic heterocycles. The molecule has 0 radical (unpaired) electrons. The standard InChI is InChI=1S/C52H100O6/c1-6-7-8-9-10-11-12-16-20-23-26-32-37-42-50(53)56-45-49(46-57-51(54)43-38-33-29-28-31-36-41-48(4)5)58-52(55)44-39-34-27-24-21-18-15-13-14-17-19-22-25-30-35-40-47(2)3/h47-49H,6-46H2,1-5H3/t49-/m1/s1. The van der Waals surface area contributed by atoms with Gasteiger partial charge in [-0.15, -0.1) is 0 Å². The van der Waals surface area contributed by atoms with Crippen molar-refractivity contribution < 1.29 is 28.6 Å². The second-order valence-electron chi connectivity index (χ2n) is 18.8. The lowest BCUT2D eigenvalue weighted by Crippen LogP contribution is -2.30. The van der Waals surface area contributed by atoms with Gasteiger partial charge in [0.15, 0.2) is 6.10 Å². The minimum absolute atomic E-state index is 0.0644. The molecule has 0 unspecified atom stereocenters. The van der Waals surface area contributed by atoms with Gasteiger partial charge in [-0.25, -0.2) is 0 Å². The molecular weight excluding hydrogens is 721 g/mol. The van der Waals surface area contributed by atoms with Crippen LogP contribution in [0.2, 0.25) is 0 Å². The average Bonchev–Trinajstić information content (AvgIpc) is 3.19. The Morgan fingerprint density at radius 1 is 0.328 bits per heavy atom. The molecule has 0 aliphatic carbocycles. The van der Waals surface area contributed by atoms with Crippen LogP contribution in [0.4, 0.5) is 0 Å². The monoisotopic (exact) mass is 821 g/mol. The SMILES string of the molecule is CCCCCCCCCCCCCCCC(=O)OC[C@H](COC(=O)CCCCCCCCC(C)C)OC(=O)CCCCCCCCCCCCCCCCCC(C)C. The Hall–Kier alpha value is -1.59. The highest BCUT2D eigenvalue weighted by Crippen LogP contribution is 2.17. The maximum Gasteiger partial charge on any atom is 0.306 e. The minimum Gasteiger partial charge on any atom is -0.462 e. The molecule has 1 atom stereocenters. The van der Waals surface area contributed by atoms with Crippen LogP contribution in [0.15, 0.2) is 0 Å². The van der Waals surface area contributed by atoms with Gasteiger partial charge < -0.3 is 14.2 Å². The fraction of sp³-hybridized carbons (Fsp3) is 0.942. The summed E-state index contributed by atoms with van der Waals surface area (Å²) >= 11 is 0. The van der Waals surface area contributed by atoms with Crippen molar-refractivity contribution in [1.82, 2.24) is 0 Å². The molecule has 0 aliphatic rings. The summed E-state index contributed by atoms with van der Waals surface area (Å²) in [5, 5.41) is 0. The van der Waals surface area contributed by atoms with Crippen molar-refractivity contribution >= 4 is 17.9 Å². The van der Waals surface area contributed by atoms with Gasteiger partial charge in [-0.3, -0.25) is 14.4 Å². The average molecular weight is 821 g/mol. The first-order valence-corrected chi connectivity index (χ1v) is 25.7. The molecule has 58 heavy (non-hydrogen) atoms. The van der Waals surface area contributed by atoms with E-state index in [1.54, 1.807) is 0 Å². The van der Waals surface area contributed by atoms with Crippen LogP contribution in [0.3, 0.4) is 0 Å². The van der Waals surface area contributed by atoms with E-state index in [1.807, 2.05) is 0 Å². The number of esters is 3. The van der Waals surface area contributed by atoms with Gasteiger partial charge in [0.2, 0.25) is 0 Å². The van der Waals surface area contributed by atoms with Crippen LogP contribution in [0.1, 0.15) is 285 Å². The normalized spacial score (nSPS) is 12.1. The molecule has 344 valence electrons. The zero-order valence-corrected chi connectivity index (χ0v) is 39.7. The summed E-state index contributed by atoms with van der Waals surface area (Å²) in [4.78, 5) is 37.8. The fourth-order valence-corrected chi connectivity index (χ4v) is 7.81. The summed E-state index contributed by atoms with van der Waals surface area (Å²) in [7, 11) is 0. The number of unbranched alkanes of at least 4 members (excludes halogenated alkanes) is 31. The molecule has 0 heterocycles. The third kappa shape index (κ3) is 45.5. The smallest absolute Gasteiger partial charge is 0.306 e. The van der Waals surface area contributed by atoms with Gasteiger partial charge in [0, 0.05) is 19.3 Å². The van der Waals surface area contributed by atoms with Crippen molar-refractivity contribution in [2.75, 3.05) is 13.2 Å².